The van der Waals surface area contributed by atoms with Crippen LogP contribution in [0, 0.1) is 45.6 Å². The molecule has 0 saturated carbocycles. The molecule has 0 N–H and O–H groups in total. The predicted molar refractivity (Wildman–Crippen MR) is 139 cm³/mol. The zero-order valence-corrected chi connectivity index (χ0v) is 23.3. The second-order valence-corrected chi connectivity index (χ2v) is 8.07. The van der Waals surface area contributed by atoms with E-state index in [9.17, 15) is 0 Å². The molecule has 0 heterocycles. The van der Waals surface area contributed by atoms with Crippen LogP contribution in [0.5, 0.6) is 0 Å². The van der Waals surface area contributed by atoms with Gasteiger partial charge in [0.25, 0.3) is 0 Å². The van der Waals surface area contributed by atoms with E-state index in [-0.39, 0.29) is 33.6 Å². The molecule has 4 rings (SSSR count). The summed E-state index contributed by atoms with van der Waals surface area (Å²) in [5, 5.41) is 4.19. The van der Waals surface area contributed by atoms with E-state index in [0.717, 1.165) is 5.56 Å². The molecule has 0 aliphatic heterocycles. The predicted octanol–water partition coefficient (Wildman–Crippen LogP) is 4.92. The maximum atomic E-state index is 7.50. The van der Waals surface area contributed by atoms with Crippen molar-refractivity contribution in [2.24, 2.45) is 0 Å². The summed E-state index contributed by atoms with van der Waals surface area (Å²) in [6, 6.07) is 41.9. The van der Waals surface area contributed by atoms with Crippen molar-refractivity contribution in [2.45, 2.75) is 0 Å². The van der Waals surface area contributed by atoms with Crippen LogP contribution in [0.15, 0.2) is 121 Å². The van der Waals surface area contributed by atoms with Gasteiger partial charge in [0, 0.05) is 39.1 Å². The van der Waals surface area contributed by atoms with Gasteiger partial charge in [-0.25, -0.2) is 0 Å². The molecule has 0 aliphatic rings. The molecule has 0 saturated heterocycles. The van der Waals surface area contributed by atoms with E-state index in [0.29, 0.717) is 0 Å². The average Bonchev–Trinajstić information content (AvgIpc) is 3.04. The molecule has 0 fully saturated rings. The summed E-state index contributed by atoms with van der Waals surface area (Å²) in [4.78, 5) is 0. The van der Waals surface area contributed by atoms with Crippen molar-refractivity contribution in [1.82, 2.24) is 0 Å². The Morgan fingerprint density at radius 1 is 0.410 bits per heavy atom. The van der Waals surface area contributed by atoms with Gasteiger partial charge in [-0.05, 0) is 36.0 Å². The van der Waals surface area contributed by atoms with Crippen LogP contribution in [0.3, 0.4) is 0 Å². The summed E-state index contributed by atoms with van der Waals surface area (Å²) >= 11 is 0. The Balaban J connectivity index is -0.000000164. The minimum Gasteiger partial charge on any atom is -0.0622 e. The van der Waals surface area contributed by atoms with Gasteiger partial charge in [-0.1, -0.05) is 115 Å². The van der Waals surface area contributed by atoms with Gasteiger partial charge in [-0.3, -0.25) is 0 Å². The summed E-state index contributed by atoms with van der Waals surface area (Å²) in [5.41, 5.74) is 0.938. The fourth-order valence-electron chi connectivity index (χ4n) is 2.71. The quantitative estimate of drug-likeness (QED) is 0.134. The van der Waals surface area contributed by atoms with Crippen LogP contribution in [-0.4, -0.2) is 0 Å². The first-order valence-corrected chi connectivity index (χ1v) is 11.2. The molecular formula is C31H21Co2O5P. The Kier molecular flexibility index (Phi) is 42.9. The first-order chi connectivity index (χ1) is 18.4. The Morgan fingerprint density at radius 3 is 0.795 bits per heavy atom. The van der Waals surface area contributed by atoms with Crippen LogP contribution >= 0.6 is 7.92 Å². The maximum Gasteiger partial charge on any atom is 0 e. The smallest absolute Gasteiger partial charge is 0 e. The van der Waals surface area contributed by atoms with E-state index < -0.39 is 7.92 Å². The number of hydrogen-bond donors (Lipinski definition) is 0. The SMILES string of the molecule is C#Cc1ccccc1.[C-]#[O+].[C-]#[O+].[C-]#[O+].[C-]#[O+].[C-]#[O+].[Co].[Co].c1ccc(P(c2ccccc2)c2ccccc2)cc1. The first kappa shape index (κ1) is 45.5. The minimum absolute atomic E-state index is 0. The fraction of sp³-hybridized carbons (Fsp3) is 0. The van der Waals surface area contributed by atoms with Crippen LogP contribution in [0.2, 0.25) is 0 Å². The summed E-state index contributed by atoms with van der Waals surface area (Å²) in [5.74, 6) is 2.53. The van der Waals surface area contributed by atoms with E-state index in [1.165, 1.54) is 15.9 Å². The van der Waals surface area contributed by atoms with Gasteiger partial charge >= 0.3 is 56.5 Å². The van der Waals surface area contributed by atoms with Crippen molar-refractivity contribution in [2.75, 3.05) is 0 Å². The second kappa shape index (κ2) is 36.7. The first-order valence-electron chi connectivity index (χ1n) is 9.87. The zero-order valence-electron chi connectivity index (χ0n) is 20.3. The molecule has 198 valence electrons. The van der Waals surface area contributed by atoms with Crippen LogP contribution in [0.4, 0.5) is 0 Å². The molecule has 0 bridgehead atoms. The third-order valence-corrected chi connectivity index (χ3v) is 6.43. The number of rotatable bonds is 3. The standard InChI is InChI=1S/C18H15P.C8H6.5CO.2Co/c1-4-10-16(11-5-1)19(17-12-6-2-7-13-17)18-14-8-3-9-15-18;1-2-8-6-4-3-5-7-8;5*1-2;;/h1-15H;1,3-7H;;;;;;;. The fourth-order valence-corrected chi connectivity index (χ4v) is 5.02. The van der Waals surface area contributed by atoms with Gasteiger partial charge in [-0.15, -0.1) is 6.42 Å². The molecule has 0 aliphatic carbocycles. The van der Waals surface area contributed by atoms with Crippen molar-refractivity contribution in [3.8, 4) is 12.3 Å². The van der Waals surface area contributed by atoms with Gasteiger partial charge < -0.3 is 0 Å². The second-order valence-electron chi connectivity index (χ2n) is 5.85. The van der Waals surface area contributed by atoms with Crippen molar-refractivity contribution in [1.29, 1.82) is 0 Å². The van der Waals surface area contributed by atoms with Gasteiger partial charge in [0.1, 0.15) is 0 Å². The maximum absolute atomic E-state index is 7.50. The van der Waals surface area contributed by atoms with E-state index in [1.54, 1.807) is 0 Å². The molecule has 5 nitrogen and oxygen atoms in total. The van der Waals surface area contributed by atoms with E-state index in [4.69, 9.17) is 29.7 Å². The molecular weight excluding hydrogens is 601 g/mol. The van der Waals surface area contributed by atoms with Gasteiger partial charge in [0.05, 0.1) is 0 Å². The van der Waals surface area contributed by atoms with Crippen LogP contribution in [0.1, 0.15) is 5.56 Å². The molecule has 0 atom stereocenters. The normalized spacial score (nSPS) is 7.03. The summed E-state index contributed by atoms with van der Waals surface area (Å²) in [7, 11) is -0.446. The van der Waals surface area contributed by atoms with Crippen LogP contribution in [-0.2, 0) is 56.8 Å². The molecule has 0 amide bonds. The Labute approximate surface area is 252 Å². The Bertz CT molecular complexity index is 1080. The summed E-state index contributed by atoms with van der Waals surface area (Å²) < 4.78 is 37.5. The van der Waals surface area contributed by atoms with Crippen LogP contribution < -0.4 is 15.9 Å². The molecule has 4 aromatic rings. The monoisotopic (exact) mass is 622 g/mol. The average molecular weight is 622 g/mol. The van der Waals surface area contributed by atoms with Crippen molar-refractivity contribution in [3.05, 3.63) is 160 Å². The molecule has 0 unspecified atom stereocenters. The molecule has 4 aromatic carbocycles. The van der Waals surface area contributed by atoms with Gasteiger partial charge in [-0.2, -0.15) is 0 Å². The third kappa shape index (κ3) is 20.2. The van der Waals surface area contributed by atoms with Crippen molar-refractivity contribution < 1.29 is 56.8 Å². The van der Waals surface area contributed by atoms with Crippen molar-refractivity contribution in [3.63, 3.8) is 0 Å². The Hall–Kier alpha value is -3.42. The third-order valence-electron chi connectivity index (χ3n) is 3.98. The minimum atomic E-state index is -0.446. The number of terminal acetylenes is 1. The van der Waals surface area contributed by atoms with E-state index >= 15 is 0 Å². The molecule has 0 spiro atoms. The van der Waals surface area contributed by atoms with Crippen molar-refractivity contribution >= 4 is 23.8 Å². The van der Waals surface area contributed by atoms with E-state index in [1.807, 2.05) is 30.3 Å². The Morgan fingerprint density at radius 2 is 0.615 bits per heavy atom. The number of hydrogen-bond acceptors (Lipinski definition) is 0. The zero-order chi connectivity index (χ0) is 28.7. The molecule has 0 aromatic heterocycles. The number of benzene rings is 4. The molecule has 8 heteroatoms. The summed E-state index contributed by atoms with van der Waals surface area (Å²) in [6.07, 6.45) is 5.10. The summed E-state index contributed by atoms with van der Waals surface area (Å²) in [6.45, 7) is 22.5. The topological polar surface area (TPSA) is 99.5 Å². The van der Waals surface area contributed by atoms with Gasteiger partial charge in [0.2, 0.25) is 0 Å². The van der Waals surface area contributed by atoms with Gasteiger partial charge in [0.15, 0.2) is 0 Å². The molecule has 39 heavy (non-hydrogen) atoms. The largest absolute Gasteiger partial charge is 0.0622 e. The van der Waals surface area contributed by atoms with Crippen LogP contribution in [0.25, 0.3) is 0 Å². The van der Waals surface area contributed by atoms with E-state index in [2.05, 4.69) is 130 Å². The molecule has 2 radical (unpaired) electrons.